The number of aromatic nitrogens is 2. The van der Waals surface area contributed by atoms with E-state index in [1.54, 1.807) is 31.0 Å². The monoisotopic (exact) mass is 232 g/mol. The zero-order chi connectivity index (χ0) is 11.3. The molecule has 0 atom stereocenters. The van der Waals surface area contributed by atoms with Crippen LogP contribution in [0.3, 0.4) is 0 Å². The molecular weight excluding hydrogens is 216 g/mol. The fourth-order valence-electron chi connectivity index (χ4n) is 1.07. The molecule has 0 unspecified atom stereocenters. The van der Waals surface area contributed by atoms with E-state index in [-0.39, 0.29) is 12.3 Å². The molecule has 7 heteroatoms. The lowest BCUT2D eigenvalue weighted by atomic mass is 10.4. The van der Waals surface area contributed by atoms with Crippen LogP contribution in [0.15, 0.2) is 12.3 Å². The van der Waals surface area contributed by atoms with Crippen LogP contribution in [0, 0.1) is 0 Å². The van der Waals surface area contributed by atoms with E-state index in [1.165, 1.54) is 0 Å². The van der Waals surface area contributed by atoms with E-state index in [0.717, 1.165) is 5.69 Å². The lowest BCUT2D eigenvalue weighted by Crippen LogP contribution is -2.31. The van der Waals surface area contributed by atoms with Gasteiger partial charge in [-0.2, -0.15) is 5.10 Å². The van der Waals surface area contributed by atoms with Crippen LogP contribution in [-0.4, -0.2) is 37.5 Å². The SMILES string of the molecule is CNCCS(=O)(=O)NCc1ccnn1C. The summed E-state index contributed by atoms with van der Waals surface area (Å²) in [5, 5.41) is 6.74. The minimum Gasteiger partial charge on any atom is -0.319 e. The van der Waals surface area contributed by atoms with Gasteiger partial charge >= 0.3 is 0 Å². The minimum absolute atomic E-state index is 0.0847. The molecule has 0 aliphatic rings. The third-order valence-electron chi connectivity index (χ3n) is 2.02. The van der Waals surface area contributed by atoms with Crippen LogP contribution >= 0.6 is 0 Å². The molecule has 0 fully saturated rings. The number of sulfonamides is 1. The van der Waals surface area contributed by atoms with Crippen LogP contribution in [0.25, 0.3) is 0 Å². The van der Waals surface area contributed by atoms with Gasteiger partial charge in [0.15, 0.2) is 0 Å². The molecular formula is C8H16N4O2S. The van der Waals surface area contributed by atoms with Crippen molar-refractivity contribution in [2.75, 3.05) is 19.3 Å². The Labute approximate surface area is 89.7 Å². The van der Waals surface area contributed by atoms with Gasteiger partial charge in [0, 0.05) is 19.8 Å². The number of nitrogens with zero attached hydrogens (tertiary/aromatic N) is 2. The van der Waals surface area contributed by atoms with E-state index < -0.39 is 10.0 Å². The average molecular weight is 232 g/mol. The fourth-order valence-corrected chi connectivity index (χ4v) is 2.05. The molecule has 0 amide bonds. The Morgan fingerprint density at radius 3 is 2.80 bits per heavy atom. The molecule has 0 aromatic carbocycles. The zero-order valence-corrected chi connectivity index (χ0v) is 9.71. The molecule has 1 aromatic rings. The van der Waals surface area contributed by atoms with Crippen molar-refractivity contribution in [2.45, 2.75) is 6.54 Å². The number of nitrogens with one attached hydrogen (secondary N) is 2. The highest BCUT2D eigenvalue weighted by Gasteiger charge is 2.09. The highest BCUT2D eigenvalue weighted by Crippen LogP contribution is 1.96. The highest BCUT2D eigenvalue weighted by molar-refractivity contribution is 7.89. The summed E-state index contributed by atoms with van der Waals surface area (Å²) in [5.74, 6) is 0.0847. The molecule has 6 nitrogen and oxygen atoms in total. The first-order chi connectivity index (χ1) is 7.05. The van der Waals surface area contributed by atoms with Crippen molar-refractivity contribution in [1.29, 1.82) is 0 Å². The van der Waals surface area contributed by atoms with Crippen LogP contribution in [-0.2, 0) is 23.6 Å². The van der Waals surface area contributed by atoms with E-state index in [1.807, 2.05) is 0 Å². The van der Waals surface area contributed by atoms with Gasteiger partial charge < -0.3 is 5.32 Å². The van der Waals surface area contributed by atoms with Crippen LogP contribution in [0.4, 0.5) is 0 Å². The molecule has 1 aromatic heterocycles. The molecule has 1 rings (SSSR count). The van der Waals surface area contributed by atoms with Crippen LogP contribution in [0.1, 0.15) is 5.69 Å². The standard InChI is InChI=1S/C8H16N4O2S/c1-9-5-6-15(13,14)11-7-8-3-4-10-12(8)2/h3-4,9,11H,5-7H2,1-2H3. The van der Waals surface area contributed by atoms with Crippen LogP contribution < -0.4 is 10.0 Å². The summed E-state index contributed by atoms with van der Waals surface area (Å²) in [4.78, 5) is 0. The van der Waals surface area contributed by atoms with Gasteiger partial charge in [-0.25, -0.2) is 13.1 Å². The van der Waals surface area contributed by atoms with Crippen molar-refractivity contribution in [3.8, 4) is 0 Å². The zero-order valence-electron chi connectivity index (χ0n) is 8.90. The number of hydrogen-bond acceptors (Lipinski definition) is 4. The maximum atomic E-state index is 11.4. The fraction of sp³-hybridized carbons (Fsp3) is 0.625. The number of aryl methyl sites for hydroxylation is 1. The lowest BCUT2D eigenvalue weighted by Gasteiger charge is -2.06. The van der Waals surface area contributed by atoms with Crippen molar-refractivity contribution < 1.29 is 8.42 Å². The maximum Gasteiger partial charge on any atom is 0.213 e. The third-order valence-corrected chi connectivity index (χ3v) is 3.34. The highest BCUT2D eigenvalue weighted by atomic mass is 32.2. The van der Waals surface area contributed by atoms with E-state index in [9.17, 15) is 8.42 Å². The number of rotatable bonds is 6. The van der Waals surface area contributed by atoms with E-state index in [4.69, 9.17) is 0 Å². The summed E-state index contributed by atoms with van der Waals surface area (Å²) < 4.78 is 27.0. The molecule has 0 aliphatic heterocycles. The van der Waals surface area contributed by atoms with E-state index in [2.05, 4.69) is 15.1 Å². The lowest BCUT2D eigenvalue weighted by molar-refractivity contribution is 0.575. The Morgan fingerprint density at radius 1 is 1.53 bits per heavy atom. The first kappa shape index (κ1) is 12.2. The van der Waals surface area contributed by atoms with Crippen molar-refractivity contribution in [3.05, 3.63) is 18.0 Å². The van der Waals surface area contributed by atoms with Gasteiger partial charge in [-0.3, -0.25) is 4.68 Å². The first-order valence-electron chi connectivity index (χ1n) is 4.64. The molecule has 0 aliphatic carbocycles. The summed E-state index contributed by atoms with van der Waals surface area (Å²) in [6.45, 7) is 0.725. The van der Waals surface area contributed by atoms with Gasteiger partial charge in [0.2, 0.25) is 10.0 Å². The smallest absolute Gasteiger partial charge is 0.213 e. The van der Waals surface area contributed by atoms with Crippen molar-refractivity contribution >= 4 is 10.0 Å². The molecule has 1 heterocycles. The summed E-state index contributed by atoms with van der Waals surface area (Å²) in [6, 6.07) is 1.78. The predicted molar refractivity (Wildman–Crippen MR) is 57.8 cm³/mol. The van der Waals surface area contributed by atoms with Gasteiger partial charge in [0.05, 0.1) is 18.0 Å². The Morgan fingerprint density at radius 2 is 2.27 bits per heavy atom. The Balaban J connectivity index is 2.46. The summed E-state index contributed by atoms with van der Waals surface area (Å²) in [6.07, 6.45) is 1.64. The van der Waals surface area contributed by atoms with Crippen molar-refractivity contribution in [3.63, 3.8) is 0 Å². The predicted octanol–water partition coefficient (Wildman–Crippen LogP) is -0.941. The number of hydrogen-bond donors (Lipinski definition) is 2. The summed E-state index contributed by atoms with van der Waals surface area (Å²) >= 11 is 0. The Hall–Kier alpha value is -0.920. The molecule has 0 saturated heterocycles. The maximum absolute atomic E-state index is 11.4. The Kier molecular flexibility index (Phi) is 4.25. The molecule has 0 saturated carbocycles. The van der Waals surface area contributed by atoms with Crippen molar-refractivity contribution in [1.82, 2.24) is 19.8 Å². The van der Waals surface area contributed by atoms with Gasteiger partial charge in [-0.05, 0) is 13.1 Å². The molecule has 15 heavy (non-hydrogen) atoms. The minimum atomic E-state index is -3.19. The molecule has 0 radical (unpaired) electrons. The van der Waals surface area contributed by atoms with Crippen LogP contribution in [0.2, 0.25) is 0 Å². The van der Waals surface area contributed by atoms with Gasteiger partial charge in [-0.15, -0.1) is 0 Å². The largest absolute Gasteiger partial charge is 0.319 e. The second-order valence-corrected chi connectivity index (χ2v) is 5.12. The topological polar surface area (TPSA) is 76.0 Å². The molecule has 2 N–H and O–H groups in total. The van der Waals surface area contributed by atoms with Gasteiger partial charge in [-0.1, -0.05) is 0 Å². The molecule has 0 spiro atoms. The molecule has 0 bridgehead atoms. The summed E-state index contributed by atoms with van der Waals surface area (Å²) in [5.41, 5.74) is 0.836. The molecule has 86 valence electrons. The van der Waals surface area contributed by atoms with Gasteiger partial charge in [0.25, 0.3) is 0 Å². The van der Waals surface area contributed by atoms with E-state index in [0.29, 0.717) is 6.54 Å². The van der Waals surface area contributed by atoms with Gasteiger partial charge in [0.1, 0.15) is 0 Å². The first-order valence-corrected chi connectivity index (χ1v) is 6.29. The van der Waals surface area contributed by atoms with Crippen LogP contribution in [0.5, 0.6) is 0 Å². The third kappa shape index (κ3) is 3.98. The summed E-state index contributed by atoms with van der Waals surface area (Å²) in [7, 11) is 0.304. The normalized spacial score (nSPS) is 11.9. The van der Waals surface area contributed by atoms with Crippen molar-refractivity contribution in [2.24, 2.45) is 7.05 Å². The second-order valence-electron chi connectivity index (χ2n) is 3.19. The quantitative estimate of drug-likeness (QED) is 0.663. The Bertz CT molecular complexity index is 399. The second kappa shape index (κ2) is 5.24. The average Bonchev–Trinajstić information content (AvgIpc) is 2.58. The van der Waals surface area contributed by atoms with E-state index >= 15 is 0 Å².